The molecule has 0 aliphatic rings. The van der Waals surface area contributed by atoms with E-state index in [-0.39, 0.29) is 18.2 Å². The summed E-state index contributed by atoms with van der Waals surface area (Å²) < 4.78 is 5.07. The summed E-state index contributed by atoms with van der Waals surface area (Å²) in [5, 5.41) is 19.6. The highest BCUT2D eigenvalue weighted by molar-refractivity contribution is 5.82. The first-order chi connectivity index (χ1) is 12.1. The van der Waals surface area contributed by atoms with E-state index in [4.69, 9.17) is 4.74 Å². The molecule has 0 unspecified atom stereocenters. The molecule has 25 heavy (non-hydrogen) atoms. The fourth-order valence-electron chi connectivity index (χ4n) is 2.04. The van der Waals surface area contributed by atoms with Gasteiger partial charge < -0.3 is 4.74 Å². The molecular formula is C16H13N5O4. The Morgan fingerprint density at radius 1 is 1.16 bits per heavy atom. The lowest BCUT2D eigenvalue weighted by Crippen LogP contribution is -2.14. The predicted octanol–water partition coefficient (Wildman–Crippen LogP) is 3.13. The first kappa shape index (κ1) is 16.1. The van der Waals surface area contributed by atoms with Gasteiger partial charge in [-0.2, -0.15) is 4.98 Å². The molecule has 2 aromatic carbocycles. The molecule has 1 heterocycles. The second kappa shape index (κ2) is 7.21. The number of amides is 1. The lowest BCUT2D eigenvalue weighted by Gasteiger charge is -2.04. The molecule has 0 radical (unpaired) electrons. The highest BCUT2D eigenvalue weighted by atomic mass is 16.6. The van der Waals surface area contributed by atoms with Gasteiger partial charge in [0.05, 0.1) is 4.92 Å². The van der Waals surface area contributed by atoms with Crippen LogP contribution in [0.5, 0.6) is 0 Å². The zero-order valence-electron chi connectivity index (χ0n) is 12.9. The molecular weight excluding hydrogens is 326 g/mol. The molecule has 1 aromatic heterocycles. The third-order valence-electron chi connectivity index (χ3n) is 3.26. The highest BCUT2D eigenvalue weighted by Gasteiger charge is 2.11. The van der Waals surface area contributed by atoms with E-state index in [1.807, 2.05) is 30.3 Å². The van der Waals surface area contributed by atoms with E-state index in [1.165, 1.54) is 24.3 Å². The minimum absolute atomic E-state index is 0.0221. The van der Waals surface area contributed by atoms with Crippen molar-refractivity contribution in [3.63, 3.8) is 0 Å². The van der Waals surface area contributed by atoms with E-state index in [9.17, 15) is 14.9 Å². The van der Waals surface area contributed by atoms with Crippen molar-refractivity contribution in [3.8, 4) is 11.4 Å². The maximum atomic E-state index is 11.7. The molecule has 0 spiro atoms. The molecule has 0 atom stereocenters. The van der Waals surface area contributed by atoms with Crippen LogP contribution in [0.2, 0.25) is 0 Å². The predicted molar refractivity (Wildman–Crippen MR) is 88.7 cm³/mol. The Hall–Kier alpha value is -3.75. The van der Waals surface area contributed by atoms with Gasteiger partial charge in [0.2, 0.25) is 0 Å². The number of aromatic amines is 1. The number of hydrogen-bond acceptors (Lipinski definition) is 6. The van der Waals surface area contributed by atoms with Crippen molar-refractivity contribution in [3.05, 3.63) is 70.3 Å². The number of aromatic nitrogens is 3. The van der Waals surface area contributed by atoms with Crippen LogP contribution in [0.3, 0.4) is 0 Å². The molecule has 0 fully saturated rings. The van der Waals surface area contributed by atoms with E-state index >= 15 is 0 Å². The van der Waals surface area contributed by atoms with Crippen molar-refractivity contribution in [1.82, 2.24) is 15.2 Å². The van der Waals surface area contributed by atoms with Gasteiger partial charge in [0.25, 0.3) is 11.6 Å². The molecule has 9 nitrogen and oxygen atoms in total. The van der Waals surface area contributed by atoms with Crippen LogP contribution in [0.25, 0.3) is 11.4 Å². The van der Waals surface area contributed by atoms with E-state index in [0.717, 1.165) is 5.56 Å². The second-order valence-electron chi connectivity index (χ2n) is 5.00. The molecule has 0 bridgehead atoms. The number of nitrogens with one attached hydrogen (secondary N) is 2. The minimum Gasteiger partial charge on any atom is -0.444 e. The summed E-state index contributed by atoms with van der Waals surface area (Å²) in [5.74, 6) is 0.416. The van der Waals surface area contributed by atoms with Crippen LogP contribution in [-0.4, -0.2) is 26.2 Å². The van der Waals surface area contributed by atoms with E-state index in [0.29, 0.717) is 11.4 Å². The first-order valence-electron chi connectivity index (χ1n) is 7.27. The number of anilines is 1. The number of carbonyl (C=O) groups is 1. The summed E-state index contributed by atoms with van der Waals surface area (Å²) in [5.41, 5.74) is 1.44. The third-order valence-corrected chi connectivity index (χ3v) is 3.26. The van der Waals surface area contributed by atoms with Crippen molar-refractivity contribution in [2.24, 2.45) is 0 Å². The fourth-order valence-corrected chi connectivity index (χ4v) is 2.04. The Morgan fingerprint density at radius 2 is 1.88 bits per heavy atom. The van der Waals surface area contributed by atoms with Gasteiger partial charge in [-0.25, -0.2) is 4.79 Å². The fraction of sp³-hybridized carbons (Fsp3) is 0.0625. The number of non-ortho nitro benzene ring substituents is 1. The van der Waals surface area contributed by atoms with Gasteiger partial charge in [0, 0.05) is 17.7 Å². The molecule has 1 amide bonds. The van der Waals surface area contributed by atoms with Crippen molar-refractivity contribution >= 4 is 17.7 Å². The summed E-state index contributed by atoms with van der Waals surface area (Å²) >= 11 is 0. The molecule has 126 valence electrons. The number of hydrogen-bond donors (Lipinski definition) is 2. The average Bonchev–Trinajstić information content (AvgIpc) is 3.09. The number of carbonyl (C=O) groups excluding carboxylic acids is 1. The van der Waals surface area contributed by atoms with Crippen LogP contribution in [0.4, 0.5) is 16.4 Å². The van der Waals surface area contributed by atoms with Gasteiger partial charge in [-0.1, -0.05) is 30.3 Å². The molecule has 0 aliphatic carbocycles. The van der Waals surface area contributed by atoms with Crippen LogP contribution < -0.4 is 5.32 Å². The molecule has 0 saturated heterocycles. The standard InChI is InChI=1S/C16H13N5O4/c22-16(25-10-11-4-2-1-3-5-11)18-15-17-14(19-20-15)12-6-8-13(9-7-12)21(23)24/h1-9H,10H2,(H2,17,18,19,20,22). The zero-order chi connectivity index (χ0) is 17.6. The van der Waals surface area contributed by atoms with Crippen molar-refractivity contribution in [1.29, 1.82) is 0 Å². The molecule has 0 saturated carbocycles. The second-order valence-corrected chi connectivity index (χ2v) is 5.00. The summed E-state index contributed by atoms with van der Waals surface area (Å²) in [4.78, 5) is 26.0. The lowest BCUT2D eigenvalue weighted by molar-refractivity contribution is -0.384. The van der Waals surface area contributed by atoms with Crippen LogP contribution in [0.15, 0.2) is 54.6 Å². The van der Waals surface area contributed by atoms with Crippen LogP contribution in [0.1, 0.15) is 5.56 Å². The van der Waals surface area contributed by atoms with E-state index < -0.39 is 11.0 Å². The van der Waals surface area contributed by atoms with Gasteiger partial charge in [-0.15, -0.1) is 5.10 Å². The Bertz CT molecular complexity index is 877. The Morgan fingerprint density at radius 3 is 2.56 bits per heavy atom. The Labute approximate surface area is 141 Å². The number of ether oxygens (including phenoxy) is 1. The monoisotopic (exact) mass is 339 g/mol. The number of rotatable bonds is 5. The van der Waals surface area contributed by atoms with Crippen molar-refractivity contribution < 1.29 is 14.5 Å². The number of nitro benzene ring substituents is 1. The third kappa shape index (κ3) is 4.16. The molecule has 0 aliphatic heterocycles. The SMILES string of the molecule is O=C(Nc1n[nH]c(-c2ccc([N+](=O)[O-])cc2)n1)OCc1ccccc1. The summed E-state index contributed by atoms with van der Waals surface area (Å²) in [6, 6.07) is 15.0. The maximum Gasteiger partial charge on any atom is 0.414 e. The van der Waals surface area contributed by atoms with Gasteiger partial charge in [0.1, 0.15) is 6.61 Å². The minimum atomic E-state index is -0.682. The first-order valence-corrected chi connectivity index (χ1v) is 7.27. The summed E-state index contributed by atoms with van der Waals surface area (Å²) in [6.07, 6.45) is -0.682. The lowest BCUT2D eigenvalue weighted by atomic mass is 10.2. The Kier molecular flexibility index (Phi) is 4.65. The van der Waals surface area contributed by atoms with Gasteiger partial charge in [-0.05, 0) is 17.7 Å². The quantitative estimate of drug-likeness (QED) is 0.544. The topological polar surface area (TPSA) is 123 Å². The normalized spacial score (nSPS) is 10.2. The summed E-state index contributed by atoms with van der Waals surface area (Å²) in [6.45, 7) is 0.131. The van der Waals surface area contributed by atoms with E-state index in [1.54, 1.807) is 0 Å². The average molecular weight is 339 g/mol. The highest BCUT2D eigenvalue weighted by Crippen LogP contribution is 2.19. The summed E-state index contributed by atoms with van der Waals surface area (Å²) in [7, 11) is 0. The van der Waals surface area contributed by atoms with Gasteiger partial charge in [0.15, 0.2) is 5.82 Å². The Balaban J connectivity index is 1.59. The van der Waals surface area contributed by atoms with Crippen LogP contribution >= 0.6 is 0 Å². The zero-order valence-corrected chi connectivity index (χ0v) is 12.9. The molecule has 2 N–H and O–H groups in total. The van der Waals surface area contributed by atoms with Crippen molar-refractivity contribution in [2.45, 2.75) is 6.61 Å². The smallest absolute Gasteiger partial charge is 0.414 e. The molecule has 3 aromatic rings. The number of nitro groups is 1. The largest absolute Gasteiger partial charge is 0.444 e. The van der Waals surface area contributed by atoms with Crippen LogP contribution in [-0.2, 0) is 11.3 Å². The number of nitrogens with zero attached hydrogens (tertiary/aromatic N) is 3. The maximum absolute atomic E-state index is 11.7. The van der Waals surface area contributed by atoms with E-state index in [2.05, 4.69) is 20.5 Å². The molecule has 9 heteroatoms. The van der Waals surface area contributed by atoms with Gasteiger partial charge in [-0.3, -0.25) is 20.5 Å². The van der Waals surface area contributed by atoms with Crippen molar-refractivity contribution in [2.75, 3.05) is 5.32 Å². The number of benzene rings is 2. The van der Waals surface area contributed by atoms with Gasteiger partial charge >= 0.3 is 6.09 Å². The number of H-pyrrole nitrogens is 1. The molecule has 3 rings (SSSR count). The van der Waals surface area contributed by atoms with Crippen LogP contribution in [0, 0.1) is 10.1 Å².